The van der Waals surface area contributed by atoms with E-state index >= 15 is 0 Å². The Labute approximate surface area is 153 Å². The number of nitrogens with zero attached hydrogens (tertiary/aromatic N) is 4. The Morgan fingerprint density at radius 3 is 3.00 bits per heavy atom. The maximum Gasteiger partial charge on any atom is 0.213 e. The van der Waals surface area contributed by atoms with Crippen LogP contribution in [0.25, 0.3) is 0 Å². The van der Waals surface area contributed by atoms with Crippen LogP contribution in [0.4, 0.5) is 0 Å². The zero-order valence-electron chi connectivity index (χ0n) is 15.0. The summed E-state index contributed by atoms with van der Waals surface area (Å²) < 4.78 is 5.75. The van der Waals surface area contributed by atoms with Crippen LogP contribution in [0, 0.1) is 12.8 Å². The van der Waals surface area contributed by atoms with Crippen molar-refractivity contribution in [3.05, 3.63) is 40.0 Å². The van der Waals surface area contributed by atoms with Crippen LogP contribution >= 0.6 is 11.3 Å². The number of hydrogen-bond acceptors (Lipinski definition) is 5. The molecule has 0 atom stereocenters. The minimum Gasteiger partial charge on any atom is -0.477 e. The van der Waals surface area contributed by atoms with Crippen LogP contribution in [0.5, 0.6) is 5.88 Å². The van der Waals surface area contributed by atoms with Crippen LogP contribution in [0.1, 0.15) is 29.1 Å². The highest BCUT2D eigenvalue weighted by Crippen LogP contribution is 2.29. The Bertz CT molecular complexity index is 726. The van der Waals surface area contributed by atoms with Crippen molar-refractivity contribution in [1.29, 1.82) is 0 Å². The second kappa shape index (κ2) is 8.29. The molecule has 1 saturated carbocycles. The molecule has 2 aromatic rings. The van der Waals surface area contributed by atoms with E-state index in [1.165, 1.54) is 12.8 Å². The minimum atomic E-state index is 0.676. The molecule has 3 rings (SSSR count). The fourth-order valence-corrected chi connectivity index (χ4v) is 3.10. The van der Waals surface area contributed by atoms with Gasteiger partial charge in [-0.2, -0.15) is 0 Å². The van der Waals surface area contributed by atoms with E-state index in [0.717, 1.165) is 41.3 Å². The van der Waals surface area contributed by atoms with Crippen molar-refractivity contribution in [3.63, 3.8) is 0 Å². The van der Waals surface area contributed by atoms with Gasteiger partial charge in [0.1, 0.15) is 0 Å². The fraction of sp³-hybridized carbons (Fsp3) is 0.500. The normalized spacial score (nSPS) is 14.4. The monoisotopic (exact) mass is 359 g/mol. The summed E-state index contributed by atoms with van der Waals surface area (Å²) in [5, 5.41) is 6.56. The van der Waals surface area contributed by atoms with Gasteiger partial charge in [-0.1, -0.05) is 0 Å². The number of aromatic nitrogens is 2. The third-order valence-electron chi connectivity index (χ3n) is 4.05. The van der Waals surface area contributed by atoms with Crippen LogP contribution in [0.15, 0.2) is 28.7 Å². The highest BCUT2D eigenvalue weighted by molar-refractivity contribution is 7.09. The van der Waals surface area contributed by atoms with Gasteiger partial charge in [0.2, 0.25) is 5.88 Å². The third kappa shape index (κ3) is 5.42. The highest BCUT2D eigenvalue weighted by Gasteiger charge is 2.22. The number of rotatable bonds is 7. The van der Waals surface area contributed by atoms with Crippen LogP contribution in [0.2, 0.25) is 0 Å². The van der Waals surface area contributed by atoms with E-state index in [1.807, 2.05) is 26.1 Å². The number of hydrogen-bond donors (Lipinski definition) is 1. The zero-order valence-corrected chi connectivity index (χ0v) is 15.8. The summed E-state index contributed by atoms with van der Waals surface area (Å²) in [6.45, 7) is 4.21. The summed E-state index contributed by atoms with van der Waals surface area (Å²) in [4.78, 5) is 15.2. The Kier molecular flexibility index (Phi) is 5.86. The quantitative estimate of drug-likeness (QED) is 0.608. The average molecular weight is 359 g/mol. The van der Waals surface area contributed by atoms with Gasteiger partial charge < -0.3 is 15.0 Å². The Morgan fingerprint density at radius 1 is 1.48 bits per heavy atom. The van der Waals surface area contributed by atoms with E-state index in [2.05, 4.69) is 30.6 Å². The van der Waals surface area contributed by atoms with Crippen LogP contribution in [-0.2, 0) is 13.1 Å². The minimum absolute atomic E-state index is 0.676. The molecule has 1 aliphatic rings. The molecule has 7 heteroatoms. The SMILES string of the molecule is CN=C(NCc1ccnc(OCC2CC2)c1)N(C)Cc1csc(C)n1. The van der Waals surface area contributed by atoms with Gasteiger partial charge in [0, 0.05) is 38.3 Å². The third-order valence-corrected chi connectivity index (χ3v) is 4.88. The number of nitrogens with one attached hydrogen (secondary N) is 1. The van der Waals surface area contributed by atoms with Gasteiger partial charge in [-0.25, -0.2) is 9.97 Å². The Hall–Kier alpha value is -2.15. The van der Waals surface area contributed by atoms with Gasteiger partial charge in [-0.15, -0.1) is 11.3 Å². The van der Waals surface area contributed by atoms with Crippen LogP contribution in [-0.4, -0.2) is 41.5 Å². The maximum atomic E-state index is 5.75. The lowest BCUT2D eigenvalue weighted by atomic mass is 10.2. The van der Waals surface area contributed by atoms with Crippen molar-refractivity contribution in [2.24, 2.45) is 10.9 Å². The second-order valence-electron chi connectivity index (χ2n) is 6.37. The molecule has 1 aliphatic carbocycles. The van der Waals surface area contributed by atoms with Crippen molar-refractivity contribution >= 4 is 17.3 Å². The molecule has 1 N–H and O–H groups in total. The first-order chi connectivity index (χ1) is 12.1. The lowest BCUT2D eigenvalue weighted by molar-refractivity contribution is 0.288. The predicted molar refractivity (Wildman–Crippen MR) is 101 cm³/mol. The van der Waals surface area contributed by atoms with Crippen molar-refractivity contribution in [3.8, 4) is 5.88 Å². The molecule has 1 fully saturated rings. The van der Waals surface area contributed by atoms with Crippen LogP contribution < -0.4 is 10.1 Å². The molecule has 0 aromatic carbocycles. The molecule has 0 spiro atoms. The van der Waals surface area contributed by atoms with Gasteiger partial charge >= 0.3 is 0 Å². The standard InChI is InChI=1S/C18H25N5OS/c1-13-22-16(12-25-13)10-23(3)18(19-2)21-9-15-6-7-20-17(8-15)24-11-14-4-5-14/h6-8,12,14H,4-5,9-11H2,1-3H3,(H,19,21). The van der Waals surface area contributed by atoms with Gasteiger partial charge in [0.05, 0.1) is 23.9 Å². The molecule has 2 aromatic heterocycles. The molecule has 0 amide bonds. The molecule has 0 aliphatic heterocycles. The van der Waals surface area contributed by atoms with Gasteiger partial charge in [-0.3, -0.25) is 4.99 Å². The molecule has 6 nitrogen and oxygen atoms in total. The van der Waals surface area contributed by atoms with Crippen LogP contribution in [0.3, 0.4) is 0 Å². The summed E-state index contributed by atoms with van der Waals surface area (Å²) in [5.41, 5.74) is 2.19. The summed E-state index contributed by atoms with van der Waals surface area (Å²) in [6.07, 6.45) is 4.36. The first-order valence-electron chi connectivity index (χ1n) is 8.54. The molecule has 0 radical (unpaired) electrons. The molecule has 25 heavy (non-hydrogen) atoms. The maximum absolute atomic E-state index is 5.75. The Balaban J connectivity index is 1.52. The smallest absolute Gasteiger partial charge is 0.213 e. The first kappa shape index (κ1) is 17.7. The van der Waals surface area contributed by atoms with E-state index in [-0.39, 0.29) is 0 Å². The lowest BCUT2D eigenvalue weighted by Crippen LogP contribution is -2.38. The van der Waals surface area contributed by atoms with E-state index in [4.69, 9.17) is 4.74 Å². The molecule has 134 valence electrons. The summed E-state index contributed by atoms with van der Waals surface area (Å²) >= 11 is 1.67. The molecule has 0 unspecified atom stereocenters. The molecule has 0 saturated heterocycles. The van der Waals surface area contributed by atoms with E-state index < -0.39 is 0 Å². The summed E-state index contributed by atoms with van der Waals surface area (Å²) in [6, 6.07) is 3.99. The van der Waals surface area contributed by atoms with Crippen molar-refractivity contribution < 1.29 is 4.74 Å². The summed E-state index contributed by atoms with van der Waals surface area (Å²) in [7, 11) is 3.81. The lowest BCUT2D eigenvalue weighted by Gasteiger charge is -2.21. The second-order valence-corrected chi connectivity index (χ2v) is 7.43. The van der Waals surface area contributed by atoms with Crippen molar-refractivity contribution in [1.82, 2.24) is 20.2 Å². The highest BCUT2D eigenvalue weighted by atomic mass is 32.1. The van der Waals surface area contributed by atoms with Gasteiger partial charge in [0.25, 0.3) is 0 Å². The number of pyridine rings is 1. The number of thiazole rings is 1. The molecule has 0 bridgehead atoms. The van der Waals surface area contributed by atoms with E-state index in [9.17, 15) is 0 Å². The number of aliphatic imine (C=N–C) groups is 1. The van der Waals surface area contributed by atoms with Crippen molar-refractivity contribution in [2.45, 2.75) is 32.9 Å². The topological polar surface area (TPSA) is 62.6 Å². The predicted octanol–water partition coefficient (Wildman–Crippen LogP) is 2.84. The van der Waals surface area contributed by atoms with E-state index in [1.54, 1.807) is 24.6 Å². The number of guanidine groups is 1. The first-order valence-corrected chi connectivity index (χ1v) is 9.42. The number of ether oxygens (including phenoxy) is 1. The zero-order chi connectivity index (χ0) is 17.6. The summed E-state index contributed by atoms with van der Waals surface area (Å²) in [5.74, 6) is 2.26. The fourth-order valence-electron chi connectivity index (χ4n) is 2.49. The molecular formula is C18H25N5OS. The van der Waals surface area contributed by atoms with Gasteiger partial charge in [0.15, 0.2) is 5.96 Å². The average Bonchev–Trinajstić information content (AvgIpc) is 3.35. The van der Waals surface area contributed by atoms with Gasteiger partial charge in [-0.05, 0) is 37.3 Å². The van der Waals surface area contributed by atoms with Crippen molar-refractivity contribution in [2.75, 3.05) is 20.7 Å². The number of aryl methyl sites for hydroxylation is 1. The largest absolute Gasteiger partial charge is 0.477 e. The van der Waals surface area contributed by atoms with E-state index in [0.29, 0.717) is 12.4 Å². The molecular weight excluding hydrogens is 334 g/mol. The Morgan fingerprint density at radius 2 is 2.32 bits per heavy atom. The molecule has 2 heterocycles.